The van der Waals surface area contributed by atoms with Crippen molar-refractivity contribution in [2.24, 2.45) is 63.6 Å². The van der Waals surface area contributed by atoms with E-state index in [1.165, 1.54) is 0 Å². The minimum absolute atomic E-state index is 0.0311. The summed E-state index contributed by atoms with van der Waals surface area (Å²) in [5.41, 5.74) is 16.8. The Kier molecular flexibility index (Phi) is 35.8. The zero-order valence-electron chi connectivity index (χ0n) is 51.3. The second kappa shape index (κ2) is 38.9. The van der Waals surface area contributed by atoms with Crippen molar-refractivity contribution in [2.75, 3.05) is 32.0 Å². The van der Waals surface area contributed by atoms with E-state index < -0.39 is 187 Å². The maximum Gasteiger partial charge on any atom is 0.322 e. The lowest BCUT2D eigenvalue weighted by Gasteiger charge is -2.31. The maximum atomic E-state index is 14.2. The van der Waals surface area contributed by atoms with Crippen LogP contribution < -0.4 is 75.7 Å². The number of hydrogen-bond acceptors (Lipinski definition) is 16. The monoisotopic (exact) mass is 1210 g/mol. The molecule has 0 spiro atoms. The Labute approximate surface area is 499 Å². The van der Waals surface area contributed by atoms with Gasteiger partial charge in [-0.1, -0.05) is 110 Å². The van der Waals surface area contributed by atoms with Crippen molar-refractivity contribution in [2.45, 2.75) is 189 Å². The molecule has 29 nitrogen and oxygen atoms in total. The van der Waals surface area contributed by atoms with E-state index in [9.17, 15) is 62.6 Å². The molecular weight excluding hydrogens is 1110 g/mol. The van der Waals surface area contributed by atoms with Gasteiger partial charge in [0.15, 0.2) is 5.96 Å². The fourth-order valence-electron chi connectivity index (χ4n) is 8.12. The number of hydrogen-bond donors (Lipinski definition) is 17. The van der Waals surface area contributed by atoms with Crippen molar-refractivity contribution in [3.05, 3.63) is 0 Å². The SMILES string of the molecule is CCC(C)C(NC(=O)C(CCCN=C(N)N)NC(=O)CNC(=O)C(NC(=O)C(NC(=O)C(NC(=O)C(NC(=O)C(N)CS)C(C)C)C(C)C)C(C)CC)C(C)C)C(=O)NC(C(=O)NC(CC(C)C)C(=O)NC(CO)C(=O)NCC(=O)O)C(C)C. The Balaban J connectivity index is 6.53. The van der Waals surface area contributed by atoms with Gasteiger partial charge in [-0.25, -0.2) is 0 Å². The zero-order valence-corrected chi connectivity index (χ0v) is 52.2. The molecule has 480 valence electrons. The van der Waals surface area contributed by atoms with E-state index in [1.54, 1.807) is 96.9 Å². The Bertz CT molecular complexity index is 2250. The lowest BCUT2D eigenvalue weighted by molar-refractivity contribution is -0.139. The van der Waals surface area contributed by atoms with E-state index in [0.29, 0.717) is 12.8 Å². The lowest BCUT2D eigenvalue weighted by Crippen LogP contribution is -2.62. The lowest BCUT2D eigenvalue weighted by atomic mass is 9.95. The van der Waals surface area contributed by atoms with Crippen molar-refractivity contribution in [1.82, 2.24) is 58.5 Å². The number of amides is 11. The van der Waals surface area contributed by atoms with Crippen LogP contribution in [0.2, 0.25) is 0 Å². The molecule has 0 aromatic rings. The Morgan fingerprint density at radius 2 is 0.833 bits per heavy atom. The van der Waals surface area contributed by atoms with Crippen LogP contribution in [0.25, 0.3) is 0 Å². The second-order valence-electron chi connectivity index (χ2n) is 22.8. The topological polar surface area (TPSA) is 468 Å². The predicted octanol–water partition coefficient (Wildman–Crippen LogP) is -3.27. The Morgan fingerprint density at radius 1 is 0.464 bits per heavy atom. The molecule has 0 fully saturated rings. The van der Waals surface area contributed by atoms with Gasteiger partial charge >= 0.3 is 5.97 Å². The number of thiol groups is 1. The van der Waals surface area contributed by atoms with Crippen LogP contribution in [-0.4, -0.2) is 180 Å². The van der Waals surface area contributed by atoms with E-state index in [-0.39, 0.29) is 43.4 Å². The fourth-order valence-corrected chi connectivity index (χ4v) is 8.29. The van der Waals surface area contributed by atoms with E-state index in [0.717, 1.165) is 0 Å². The zero-order chi connectivity index (χ0) is 64.9. The molecule has 0 radical (unpaired) electrons. The van der Waals surface area contributed by atoms with Crippen LogP contribution in [0.3, 0.4) is 0 Å². The van der Waals surface area contributed by atoms with Gasteiger partial charge in [-0.15, -0.1) is 0 Å². The third kappa shape index (κ3) is 27.7. The van der Waals surface area contributed by atoms with Crippen LogP contribution in [0, 0.1) is 41.4 Å². The van der Waals surface area contributed by atoms with E-state index >= 15 is 0 Å². The molecule has 0 saturated carbocycles. The molecule has 84 heavy (non-hydrogen) atoms. The average molecular weight is 1210 g/mol. The first-order valence-electron chi connectivity index (χ1n) is 28.6. The molecule has 30 heteroatoms. The third-order valence-electron chi connectivity index (χ3n) is 13.7. The van der Waals surface area contributed by atoms with Crippen LogP contribution in [0.4, 0.5) is 0 Å². The van der Waals surface area contributed by atoms with Crippen LogP contribution in [-0.2, 0) is 57.5 Å². The molecule has 0 aliphatic carbocycles. The highest BCUT2D eigenvalue weighted by Gasteiger charge is 2.38. The van der Waals surface area contributed by atoms with Gasteiger partial charge in [0.25, 0.3) is 0 Å². The minimum atomic E-state index is -1.55. The summed E-state index contributed by atoms with van der Waals surface area (Å²) in [6.07, 6.45) is 0.880. The highest BCUT2D eigenvalue weighted by molar-refractivity contribution is 7.80. The van der Waals surface area contributed by atoms with Gasteiger partial charge in [-0.05, 0) is 60.7 Å². The van der Waals surface area contributed by atoms with Crippen molar-refractivity contribution in [3.8, 4) is 0 Å². The number of carbonyl (C=O) groups excluding carboxylic acids is 11. The first kappa shape index (κ1) is 77.2. The number of nitrogens with zero attached hydrogens (tertiary/aromatic N) is 1. The normalized spacial score (nSPS) is 15.6. The molecule has 0 rings (SSSR count). The highest BCUT2D eigenvalue weighted by atomic mass is 32.1. The molecule has 0 saturated heterocycles. The molecule has 0 bridgehead atoms. The fraction of sp³-hybridized carbons (Fsp3) is 0.759. The van der Waals surface area contributed by atoms with Crippen LogP contribution in [0.5, 0.6) is 0 Å². The number of aliphatic carboxylic acids is 1. The maximum absolute atomic E-state index is 14.2. The van der Waals surface area contributed by atoms with Crippen LogP contribution in [0.1, 0.15) is 129 Å². The summed E-state index contributed by atoms with van der Waals surface area (Å²) in [4.78, 5) is 165. The number of carboxylic acid groups (broad SMARTS) is 1. The van der Waals surface area contributed by atoms with Gasteiger partial charge in [0, 0.05) is 12.3 Å². The number of carboxylic acids is 1. The van der Waals surface area contributed by atoms with E-state index in [1.807, 2.05) is 0 Å². The smallest absolute Gasteiger partial charge is 0.322 e. The van der Waals surface area contributed by atoms with Crippen molar-refractivity contribution < 1.29 is 67.7 Å². The number of nitrogens with two attached hydrogens (primary N) is 3. The number of nitrogens with one attached hydrogen (secondary N) is 11. The number of guanidine groups is 1. The van der Waals surface area contributed by atoms with Gasteiger partial charge in [0.05, 0.1) is 19.2 Å². The standard InChI is InChI=1S/C54H99N15O14S/c1-15-30(13)42(52(82)67-39(27(7)8)49(79)62-34(20-25(3)4)47(77)63-35(23-70)45(75)60-22-37(72)73)68-46(76)33(18-17-19-58-54(56)57)61-36(71)21-59-48(78)38(26(5)6)65-53(83)43(31(14)16-2)69-51(81)41(29(11)12)66-50(80)40(28(9)10)64-44(74)32(55)24-84/h25-35,38-43,70,84H,15-24,55H2,1-14H3,(H,59,78)(H,60,75)(H,61,71)(H,62,79)(H,63,77)(H,64,74)(H,65,83)(H,66,80)(H,67,82)(H,68,76)(H,69,81)(H,72,73)(H4,56,57,58). The van der Waals surface area contributed by atoms with Crippen molar-refractivity contribution in [1.29, 1.82) is 0 Å². The number of aliphatic imine (C=N–C) groups is 1. The first-order chi connectivity index (χ1) is 39.1. The quantitative estimate of drug-likeness (QED) is 0.0124. The second-order valence-corrected chi connectivity index (χ2v) is 23.2. The third-order valence-corrected chi connectivity index (χ3v) is 14.1. The van der Waals surface area contributed by atoms with Gasteiger partial charge in [0.1, 0.15) is 60.9 Å². The molecule has 0 aliphatic heterocycles. The number of rotatable bonds is 39. The molecule has 12 unspecified atom stereocenters. The first-order valence-corrected chi connectivity index (χ1v) is 29.2. The summed E-state index contributed by atoms with van der Waals surface area (Å²) in [5, 5.41) is 46.9. The predicted molar refractivity (Wildman–Crippen MR) is 318 cm³/mol. The molecular formula is C54H99N15O14S. The summed E-state index contributed by atoms with van der Waals surface area (Å²) in [6.45, 7) is 21.5. The van der Waals surface area contributed by atoms with Gasteiger partial charge in [0.2, 0.25) is 65.0 Å². The van der Waals surface area contributed by atoms with Gasteiger partial charge in [-0.2, -0.15) is 12.6 Å². The summed E-state index contributed by atoms with van der Waals surface area (Å²) in [7, 11) is 0. The highest BCUT2D eigenvalue weighted by Crippen LogP contribution is 2.16. The van der Waals surface area contributed by atoms with Crippen LogP contribution >= 0.6 is 12.6 Å². The summed E-state index contributed by atoms with van der Waals surface area (Å²) in [6, 6.07) is -12.4. The average Bonchev–Trinajstić information content (AvgIpc) is 3.61. The molecule has 19 N–H and O–H groups in total. The van der Waals surface area contributed by atoms with Crippen LogP contribution in [0.15, 0.2) is 4.99 Å². The molecule has 11 amide bonds. The van der Waals surface area contributed by atoms with Gasteiger partial charge < -0.3 is 85.9 Å². The van der Waals surface area contributed by atoms with Crippen molar-refractivity contribution in [3.63, 3.8) is 0 Å². The van der Waals surface area contributed by atoms with Crippen molar-refractivity contribution >= 4 is 89.5 Å². The summed E-state index contributed by atoms with van der Waals surface area (Å²) < 4.78 is 0. The molecule has 0 aromatic heterocycles. The molecule has 12 atom stereocenters. The number of aliphatic hydroxyl groups is 1. The number of aliphatic hydroxyl groups excluding tert-OH is 1. The Morgan fingerprint density at radius 3 is 1.23 bits per heavy atom. The Hall–Kier alpha value is -6.82. The summed E-state index contributed by atoms with van der Waals surface area (Å²) >= 11 is 4.05. The molecule has 0 aromatic carbocycles. The van der Waals surface area contributed by atoms with Gasteiger partial charge in [-0.3, -0.25) is 62.5 Å². The minimum Gasteiger partial charge on any atom is -0.480 e. The number of carbonyl (C=O) groups is 12. The largest absolute Gasteiger partial charge is 0.480 e. The van der Waals surface area contributed by atoms with E-state index in [4.69, 9.17) is 22.3 Å². The van der Waals surface area contributed by atoms with E-state index in [2.05, 4.69) is 76.1 Å². The molecule has 0 heterocycles. The molecule has 0 aliphatic rings. The summed E-state index contributed by atoms with van der Waals surface area (Å²) in [5.74, 6) is -13.4.